The number of hydrogen-bond donors (Lipinski definition) is 2. The second-order valence-corrected chi connectivity index (χ2v) is 7.43. The zero-order valence-electron chi connectivity index (χ0n) is 16.0. The first-order valence-corrected chi connectivity index (χ1v) is 9.49. The molecule has 30 heavy (non-hydrogen) atoms. The Hall–Kier alpha value is -2.97. The van der Waals surface area contributed by atoms with Gasteiger partial charge in [-0.05, 0) is 49.1 Å². The van der Waals surface area contributed by atoms with E-state index in [1.54, 1.807) is 12.1 Å². The first-order valence-electron chi connectivity index (χ1n) is 9.49. The molecule has 5 nitrogen and oxygen atoms in total. The lowest BCUT2D eigenvalue weighted by molar-refractivity contribution is -0.164. The number of benzene rings is 1. The van der Waals surface area contributed by atoms with Crippen LogP contribution in [0.2, 0.25) is 0 Å². The summed E-state index contributed by atoms with van der Waals surface area (Å²) in [5.74, 6) is -1.36. The molecule has 0 radical (unpaired) electrons. The minimum absolute atomic E-state index is 0.161. The van der Waals surface area contributed by atoms with Gasteiger partial charge in [-0.1, -0.05) is 18.2 Å². The van der Waals surface area contributed by atoms with Crippen molar-refractivity contribution in [3.63, 3.8) is 0 Å². The van der Waals surface area contributed by atoms with Crippen LogP contribution in [0.15, 0.2) is 48.7 Å². The van der Waals surface area contributed by atoms with Crippen molar-refractivity contribution in [1.82, 2.24) is 15.6 Å². The van der Waals surface area contributed by atoms with Gasteiger partial charge in [-0.3, -0.25) is 14.6 Å². The lowest BCUT2D eigenvalue weighted by Crippen LogP contribution is -2.45. The normalized spacial score (nSPS) is 19.9. The number of amides is 2. The highest BCUT2D eigenvalue weighted by molar-refractivity contribution is 5.80. The first kappa shape index (κ1) is 21.7. The van der Waals surface area contributed by atoms with Gasteiger partial charge in [0.05, 0.1) is 5.69 Å². The maximum absolute atomic E-state index is 13.4. The molecule has 1 saturated heterocycles. The molecule has 9 heteroatoms. The zero-order chi connectivity index (χ0) is 21.8. The number of aromatic nitrogens is 1. The van der Waals surface area contributed by atoms with Crippen LogP contribution in [0.25, 0.3) is 0 Å². The van der Waals surface area contributed by atoms with Crippen LogP contribution < -0.4 is 10.6 Å². The summed E-state index contributed by atoms with van der Waals surface area (Å²) in [6.07, 6.45) is -2.45. The number of pyridine rings is 1. The van der Waals surface area contributed by atoms with Crippen molar-refractivity contribution in [2.45, 2.75) is 49.9 Å². The quantitative estimate of drug-likeness (QED) is 0.669. The molecule has 2 amide bonds. The van der Waals surface area contributed by atoms with Gasteiger partial charge in [-0.2, -0.15) is 13.2 Å². The number of nitrogens with one attached hydrogen (secondary N) is 2. The number of carbonyl (C=O) groups is 2. The Morgan fingerprint density at radius 2 is 1.93 bits per heavy atom. The number of hydrogen-bond acceptors (Lipinski definition) is 3. The predicted molar refractivity (Wildman–Crippen MR) is 101 cm³/mol. The first-order chi connectivity index (χ1) is 14.2. The molecule has 0 spiro atoms. The molecule has 2 heterocycles. The number of nitrogens with zero attached hydrogens (tertiary/aromatic N) is 1. The van der Waals surface area contributed by atoms with E-state index >= 15 is 0 Å². The average Bonchev–Trinajstić information content (AvgIpc) is 3.07. The number of rotatable bonds is 7. The van der Waals surface area contributed by atoms with E-state index in [0.717, 1.165) is 5.56 Å². The third kappa shape index (κ3) is 5.55. The van der Waals surface area contributed by atoms with E-state index in [1.165, 1.54) is 36.5 Å². The van der Waals surface area contributed by atoms with Crippen LogP contribution in [0, 0.1) is 5.82 Å². The molecule has 2 atom stereocenters. The Morgan fingerprint density at radius 3 is 2.50 bits per heavy atom. The highest BCUT2D eigenvalue weighted by Gasteiger charge is 2.43. The fourth-order valence-electron chi connectivity index (χ4n) is 3.63. The molecule has 1 aromatic heterocycles. The van der Waals surface area contributed by atoms with Crippen molar-refractivity contribution in [3.05, 3.63) is 65.7 Å². The van der Waals surface area contributed by atoms with Crippen LogP contribution in [0.1, 0.15) is 43.0 Å². The van der Waals surface area contributed by atoms with Gasteiger partial charge in [0.15, 0.2) is 6.04 Å². The van der Waals surface area contributed by atoms with Crippen molar-refractivity contribution in [3.8, 4) is 0 Å². The largest absolute Gasteiger partial charge is 0.414 e. The SMILES string of the molecule is O=C(CCC1(Cc2ccc(F)cc2)CCC(=O)N1)NC(c1ccccn1)C(F)(F)F. The summed E-state index contributed by atoms with van der Waals surface area (Å²) in [7, 11) is 0. The molecule has 2 unspecified atom stereocenters. The van der Waals surface area contributed by atoms with Gasteiger partial charge >= 0.3 is 6.18 Å². The molecule has 160 valence electrons. The summed E-state index contributed by atoms with van der Waals surface area (Å²) in [5.41, 5.74) is -0.292. The molecule has 0 saturated carbocycles. The molecule has 1 aliphatic rings. The molecule has 3 rings (SSSR count). The fraction of sp³-hybridized carbons (Fsp3) is 0.381. The smallest absolute Gasteiger partial charge is 0.350 e. The molecule has 0 aliphatic carbocycles. The Kier molecular flexibility index (Phi) is 6.38. The maximum Gasteiger partial charge on any atom is 0.414 e. The molecular formula is C21H21F4N3O2. The Labute approximate surface area is 170 Å². The second-order valence-electron chi connectivity index (χ2n) is 7.43. The van der Waals surface area contributed by atoms with Gasteiger partial charge in [-0.25, -0.2) is 4.39 Å². The van der Waals surface area contributed by atoms with E-state index in [0.29, 0.717) is 12.8 Å². The van der Waals surface area contributed by atoms with E-state index in [1.807, 2.05) is 5.32 Å². The van der Waals surface area contributed by atoms with Crippen molar-refractivity contribution >= 4 is 11.8 Å². The van der Waals surface area contributed by atoms with E-state index in [4.69, 9.17) is 0 Å². The van der Waals surface area contributed by atoms with Gasteiger partial charge in [0.2, 0.25) is 11.8 Å². The molecule has 1 aliphatic heterocycles. The fourth-order valence-corrected chi connectivity index (χ4v) is 3.63. The van der Waals surface area contributed by atoms with Crippen LogP contribution >= 0.6 is 0 Å². The minimum atomic E-state index is -4.70. The minimum Gasteiger partial charge on any atom is -0.350 e. The van der Waals surface area contributed by atoms with E-state index in [2.05, 4.69) is 10.3 Å². The van der Waals surface area contributed by atoms with Crippen LogP contribution in [0.3, 0.4) is 0 Å². The van der Waals surface area contributed by atoms with Crippen LogP contribution in [0.4, 0.5) is 17.6 Å². The van der Waals surface area contributed by atoms with Gasteiger partial charge in [0.25, 0.3) is 0 Å². The predicted octanol–water partition coefficient (Wildman–Crippen LogP) is 3.61. The van der Waals surface area contributed by atoms with Crippen molar-refractivity contribution < 1.29 is 27.2 Å². The van der Waals surface area contributed by atoms with Gasteiger partial charge in [-0.15, -0.1) is 0 Å². The van der Waals surface area contributed by atoms with Crippen molar-refractivity contribution in [1.29, 1.82) is 0 Å². The molecular weight excluding hydrogens is 402 g/mol. The number of alkyl halides is 3. The van der Waals surface area contributed by atoms with Crippen molar-refractivity contribution in [2.75, 3.05) is 0 Å². The molecule has 0 bridgehead atoms. The monoisotopic (exact) mass is 423 g/mol. The lowest BCUT2D eigenvalue weighted by atomic mass is 9.85. The summed E-state index contributed by atoms with van der Waals surface area (Å²) in [6, 6.07) is 7.66. The lowest BCUT2D eigenvalue weighted by Gasteiger charge is -2.30. The molecule has 1 aromatic carbocycles. The van der Waals surface area contributed by atoms with Crippen LogP contribution in [0.5, 0.6) is 0 Å². The maximum atomic E-state index is 13.4. The Balaban J connectivity index is 1.68. The third-order valence-corrected chi connectivity index (χ3v) is 5.14. The number of carbonyl (C=O) groups excluding carboxylic acids is 2. The van der Waals surface area contributed by atoms with E-state index in [9.17, 15) is 27.2 Å². The topological polar surface area (TPSA) is 71.1 Å². The van der Waals surface area contributed by atoms with Crippen molar-refractivity contribution in [2.24, 2.45) is 0 Å². The van der Waals surface area contributed by atoms with E-state index < -0.39 is 29.5 Å². The summed E-state index contributed by atoms with van der Waals surface area (Å²) in [6.45, 7) is 0. The summed E-state index contributed by atoms with van der Waals surface area (Å²) >= 11 is 0. The highest BCUT2D eigenvalue weighted by atomic mass is 19.4. The number of halogens is 4. The molecule has 2 N–H and O–H groups in total. The zero-order valence-corrected chi connectivity index (χ0v) is 16.0. The summed E-state index contributed by atoms with van der Waals surface area (Å²) < 4.78 is 53.4. The van der Waals surface area contributed by atoms with E-state index in [-0.39, 0.29) is 30.9 Å². The van der Waals surface area contributed by atoms with Gasteiger partial charge < -0.3 is 10.6 Å². The third-order valence-electron chi connectivity index (χ3n) is 5.14. The Morgan fingerprint density at radius 1 is 1.20 bits per heavy atom. The van der Waals surface area contributed by atoms with Gasteiger partial charge in [0.1, 0.15) is 5.82 Å². The van der Waals surface area contributed by atoms with Gasteiger partial charge in [0, 0.05) is 24.6 Å². The summed E-state index contributed by atoms with van der Waals surface area (Å²) in [5, 5.41) is 4.86. The highest BCUT2D eigenvalue weighted by Crippen LogP contribution is 2.33. The molecule has 1 fully saturated rings. The summed E-state index contributed by atoms with van der Waals surface area (Å²) in [4.78, 5) is 27.9. The van der Waals surface area contributed by atoms with Crippen LogP contribution in [-0.2, 0) is 16.0 Å². The second kappa shape index (κ2) is 8.81. The average molecular weight is 423 g/mol. The molecule has 2 aromatic rings. The van der Waals surface area contributed by atoms with Crippen LogP contribution in [-0.4, -0.2) is 28.5 Å². The standard InChI is InChI=1S/C21H21F4N3O2/c22-15-6-4-14(5-7-15)13-20(11-9-18(30)28-20)10-8-17(29)27-19(21(23,24)25)16-3-1-2-12-26-16/h1-7,12,19H,8-11,13H2,(H,27,29)(H,28,30). The Bertz CT molecular complexity index is 887.